The van der Waals surface area contributed by atoms with Crippen molar-refractivity contribution >= 4 is 11.6 Å². The monoisotopic (exact) mass is 677 g/mol. The minimum absolute atomic E-state index is 0.0130. The molecule has 1 aromatic heterocycles. The van der Waals surface area contributed by atoms with Gasteiger partial charge in [-0.25, -0.2) is 0 Å². The van der Waals surface area contributed by atoms with Crippen LogP contribution < -0.4 is 19.9 Å². The van der Waals surface area contributed by atoms with E-state index in [1.165, 1.54) is 16.8 Å². The van der Waals surface area contributed by atoms with Crippen LogP contribution in [0.25, 0.3) is 11.1 Å². The van der Waals surface area contributed by atoms with E-state index in [0.717, 1.165) is 84.9 Å². The van der Waals surface area contributed by atoms with E-state index in [0.29, 0.717) is 6.54 Å². The Morgan fingerprint density at radius 1 is 1.06 bits per heavy atom. The maximum absolute atomic E-state index is 13.4. The number of amides is 1. The first-order chi connectivity index (χ1) is 23.7. The molecule has 9 heteroatoms. The number of likely N-dealkylation sites (tertiary alicyclic amines) is 1. The zero-order valence-corrected chi connectivity index (χ0v) is 31.1. The summed E-state index contributed by atoms with van der Waals surface area (Å²) >= 11 is 0. The molecule has 3 aliphatic rings. The molecule has 1 spiro atoms. The van der Waals surface area contributed by atoms with Gasteiger partial charge in [0, 0.05) is 68.2 Å². The largest absolute Gasteiger partial charge is 0.496 e. The number of hydrogen-bond acceptors (Lipinski definition) is 7. The van der Waals surface area contributed by atoms with Crippen LogP contribution in [0.1, 0.15) is 68.0 Å². The maximum Gasteiger partial charge on any atom is 0.264 e. The fourth-order valence-electron chi connectivity index (χ4n) is 8.29. The predicted molar refractivity (Wildman–Crippen MR) is 198 cm³/mol. The second-order valence-corrected chi connectivity index (χ2v) is 15.7. The molecule has 4 heterocycles. The first-order valence-electron chi connectivity index (χ1n) is 17.6. The number of carbonyl (C=O) groups is 1. The number of hydrogen-bond donors (Lipinski definition) is 0. The highest BCUT2D eigenvalue weighted by molar-refractivity contribution is 5.97. The van der Waals surface area contributed by atoms with E-state index in [1.54, 1.807) is 31.9 Å². The molecule has 1 amide bonds. The third-order valence-corrected chi connectivity index (χ3v) is 11.0. The minimum atomic E-state index is -0.249. The molecule has 0 saturated carbocycles. The number of methoxy groups -OCH3 is 2. The lowest BCUT2D eigenvalue weighted by molar-refractivity contribution is -0.129. The number of carbonyl (C=O) groups excluding carboxylic acids is 1. The van der Waals surface area contributed by atoms with E-state index < -0.39 is 0 Å². The van der Waals surface area contributed by atoms with E-state index in [9.17, 15) is 14.9 Å². The molecular weight excluding hydrogens is 626 g/mol. The lowest BCUT2D eigenvalue weighted by Gasteiger charge is -2.51. The van der Waals surface area contributed by atoms with Crippen LogP contribution in [0, 0.1) is 36.0 Å². The van der Waals surface area contributed by atoms with Crippen molar-refractivity contribution in [2.45, 2.75) is 67.0 Å². The molecule has 50 heavy (non-hydrogen) atoms. The quantitative estimate of drug-likeness (QED) is 0.213. The number of aromatic nitrogens is 1. The Bertz CT molecular complexity index is 1930. The van der Waals surface area contributed by atoms with Crippen molar-refractivity contribution < 1.29 is 14.3 Å². The van der Waals surface area contributed by atoms with Crippen LogP contribution in [-0.4, -0.2) is 67.2 Å². The van der Waals surface area contributed by atoms with Gasteiger partial charge in [-0.2, -0.15) is 5.26 Å². The SMILES string of the molecule is COc1cc(-c2cn(C)c(=O)c(C)c2C)cc(OC)c1CN1CCC2(C1)CN(c1cccc3c1CCN(C(=O)C(C#N)=CC(C)(C)C)C3C)C2. The van der Waals surface area contributed by atoms with Gasteiger partial charge < -0.3 is 23.8 Å². The van der Waals surface area contributed by atoms with Crippen molar-refractivity contribution in [2.75, 3.05) is 51.8 Å². The van der Waals surface area contributed by atoms with Crippen LogP contribution in [0.2, 0.25) is 0 Å². The summed E-state index contributed by atoms with van der Waals surface area (Å²) in [6.45, 7) is 17.3. The van der Waals surface area contributed by atoms with Crippen LogP contribution in [0.5, 0.6) is 11.5 Å². The molecule has 2 fully saturated rings. The van der Waals surface area contributed by atoms with Gasteiger partial charge in [0.15, 0.2) is 0 Å². The molecule has 0 radical (unpaired) electrons. The third kappa shape index (κ3) is 6.42. The Hall–Kier alpha value is -4.55. The lowest BCUT2D eigenvalue weighted by Crippen LogP contribution is -2.58. The van der Waals surface area contributed by atoms with E-state index in [1.807, 2.05) is 45.7 Å². The summed E-state index contributed by atoms with van der Waals surface area (Å²) in [6.07, 6.45) is 5.59. The molecule has 9 nitrogen and oxygen atoms in total. The number of aryl methyl sites for hydroxylation is 1. The molecule has 1 unspecified atom stereocenters. The molecular formula is C41H51N5O4. The number of rotatable bonds is 7. The predicted octanol–water partition coefficient (Wildman–Crippen LogP) is 6.34. The molecule has 3 aromatic rings. The highest BCUT2D eigenvalue weighted by Crippen LogP contribution is 2.46. The van der Waals surface area contributed by atoms with E-state index in [4.69, 9.17) is 9.47 Å². The van der Waals surface area contributed by atoms with E-state index in [-0.39, 0.29) is 33.9 Å². The summed E-state index contributed by atoms with van der Waals surface area (Å²) in [6, 6.07) is 12.7. The van der Waals surface area contributed by atoms with Crippen LogP contribution >= 0.6 is 0 Å². The van der Waals surface area contributed by atoms with Gasteiger partial charge in [0.2, 0.25) is 0 Å². The normalized spacial score (nSPS) is 18.9. The fraction of sp³-hybridized carbons (Fsp3) is 0.488. The zero-order valence-electron chi connectivity index (χ0n) is 31.1. The number of pyridine rings is 1. The second-order valence-electron chi connectivity index (χ2n) is 15.7. The average Bonchev–Trinajstić information content (AvgIpc) is 3.51. The molecule has 0 bridgehead atoms. The number of fused-ring (bicyclic) bond motifs is 1. The molecule has 264 valence electrons. The summed E-state index contributed by atoms with van der Waals surface area (Å²) in [5.41, 5.74) is 8.68. The van der Waals surface area contributed by atoms with Gasteiger partial charge in [-0.3, -0.25) is 14.5 Å². The zero-order chi connectivity index (χ0) is 36.1. The average molecular weight is 678 g/mol. The van der Waals surface area contributed by atoms with E-state index >= 15 is 0 Å². The Kier molecular flexibility index (Phi) is 9.38. The summed E-state index contributed by atoms with van der Waals surface area (Å²) in [5.74, 6) is 1.39. The first kappa shape index (κ1) is 35.3. The van der Waals surface area contributed by atoms with Crippen LogP contribution in [-0.2, 0) is 24.8 Å². The third-order valence-electron chi connectivity index (χ3n) is 11.0. The van der Waals surface area contributed by atoms with Crippen molar-refractivity contribution in [3.05, 3.63) is 86.3 Å². The van der Waals surface area contributed by atoms with Crippen molar-refractivity contribution in [2.24, 2.45) is 17.9 Å². The van der Waals surface area contributed by atoms with Crippen molar-refractivity contribution in [3.8, 4) is 28.7 Å². The maximum atomic E-state index is 13.4. The molecule has 1 atom stereocenters. The van der Waals surface area contributed by atoms with Crippen molar-refractivity contribution in [1.82, 2.24) is 14.4 Å². The van der Waals surface area contributed by atoms with Crippen LogP contribution in [0.4, 0.5) is 5.69 Å². The Morgan fingerprint density at radius 2 is 1.74 bits per heavy atom. The molecule has 2 saturated heterocycles. The number of nitrogens with zero attached hydrogens (tertiary/aromatic N) is 5. The Labute approximate surface area is 296 Å². The Balaban J connectivity index is 1.16. The molecule has 0 aliphatic carbocycles. The smallest absolute Gasteiger partial charge is 0.264 e. The van der Waals surface area contributed by atoms with Crippen LogP contribution in [0.15, 0.2) is 53.0 Å². The number of ether oxygens (including phenoxy) is 2. The number of benzene rings is 2. The van der Waals surface area contributed by atoms with Gasteiger partial charge >= 0.3 is 0 Å². The van der Waals surface area contributed by atoms with E-state index in [2.05, 4.69) is 53.1 Å². The summed E-state index contributed by atoms with van der Waals surface area (Å²) in [5, 5.41) is 9.77. The van der Waals surface area contributed by atoms with Crippen molar-refractivity contribution in [3.63, 3.8) is 0 Å². The minimum Gasteiger partial charge on any atom is -0.496 e. The topological polar surface area (TPSA) is 91.0 Å². The number of allylic oxidation sites excluding steroid dienone is 1. The highest BCUT2D eigenvalue weighted by Gasteiger charge is 2.48. The number of anilines is 1. The summed E-state index contributed by atoms with van der Waals surface area (Å²) in [4.78, 5) is 32.8. The Morgan fingerprint density at radius 3 is 2.36 bits per heavy atom. The van der Waals surface area contributed by atoms with Gasteiger partial charge in [-0.05, 0) is 86.0 Å². The second kappa shape index (κ2) is 13.3. The standard InChI is InChI=1S/C41H51N5O4/c1-26-27(2)38(47)43(7)21-33(26)29-17-36(49-8)34(37(18-29)50-9)22-44-16-14-41(23-44)24-45(25-41)35-12-10-11-31-28(3)46(15-13-32(31)35)39(48)30(20-42)19-40(4,5)6/h10-12,17-19,21,28H,13-16,22-25H2,1-9H3. The molecule has 6 rings (SSSR count). The molecule has 0 N–H and O–H groups in total. The molecule has 2 aromatic carbocycles. The van der Waals surface area contributed by atoms with Crippen LogP contribution in [0.3, 0.4) is 0 Å². The highest BCUT2D eigenvalue weighted by atomic mass is 16.5. The van der Waals surface area contributed by atoms with Gasteiger partial charge in [0.1, 0.15) is 23.1 Å². The fourth-order valence-corrected chi connectivity index (χ4v) is 8.29. The lowest BCUT2D eigenvalue weighted by atomic mass is 9.78. The van der Waals surface area contributed by atoms with Gasteiger partial charge in [0.05, 0.1) is 25.8 Å². The van der Waals surface area contributed by atoms with Crippen molar-refractivity contribution in [1.29, 1.82) is 5.26 Å². The van der Waals surface area contributed by atoms with Gasteiger partial charge in [0.25, 0.3) is 11.5 Å². The number of nitriles is 1. The van der Waals surface area contributed by atoms with Gasteiger partial charge in [-0.1, -0.05) is 39.0 Å². The summed E-state index contributed by atoms with van der Waals surface area (Å²) < 4.78 is 13.5. The summed E-state index contributed by atoms with van der Waals surface area (Å²) in [7, 11) is 5.20. The molecule has 3 aliphatic heterocycles. The first-order valence-corrected chi connectivity index (χ1v) is 17.6. The van der Waals surface area contributed by atoms with Gasteiger partial charge in [-0.15, -0.1) is 0 Å².